The smallest absolute Gasteiger partial charge is 0.342 e. The first-order valence-electron chi connectivity index (χ1n) is 4.44. The number of aryl methyl sites for hydroxylation is 1. The summed E-state index contributed by atoms with van der Waals surface area (Å²) < 4.78 is 17.5. The van der Waals surface area contributed by atoms with E-state index in [1.807, 2.05) is 0 Å². The Bertz CT molecular complexity index is 404. The zero-order chi connectivity index (χ0) is 12.1. The highest BCUT2D eigenvalue weighted by Crippen LogP contribution is 2.12. The maximum Gasteiger partial charge on any atom is 0.342 e. The number of imidazole rings is 1. The molecular formula is C8H10FN3O4. The lowest BCUT2D eigenvalue weighted by Crippen LogP contribution is -2.14. The fourth-order valence-electron chi connectivity index (χ4n) is 1.17. The third-order valence-electron chi connectivity index (χ3n) is 1.91. The predicted octanol–water partition coefficient (Wildman–Crippen LogP) is 0.612. The van der Waals surface area contributed by atoms with Crippen molar-refractivity contribution in [1.82, 2.24) is 9.55 Å². The summed E-state index contributed by atoms with van der Waals surface area (Å²) in [6.45, 7) is 0.337. The molecule has 1 aromatic heterocycles. The first-order chi connectivity index (χ1) is 7.56. The largest absolute Gasteiger partial charge is 0.460 e. The van der Waals surface area contributed by atoms with Crippen LogP contribution in [0.5, 0.6) is 0 Å². The number of nitrogens with zero attached hydrogens (tertiary/aromatic N) is 3. The molecule has 0 aliphatic rings. The van der Waals surface area contributed by atoms with Crippen LogP contribution in [0.15, 0.2) is 6.20 Å². The van der Waals surface area contributed by atoms with E-state index in [1.54, 1.807) is 6.92 Å². The van der Waals surface area contributed by atoms with E-state index < -0.39 is 17.6 Å². The van der Waals surface area contributed by atoms with Crippen molar-refractivity contribution < 1.29 is 18.8 Å². The van der Waals surface area contributed by atoms with Crippen LogP contribution in [0.25, 0.3) is 0 Å². The molecule has 0 saturated carbocycles. The molecule has 0 aliphatic heterocycles. The molecule has 0 spiro atoms. The molecule has 0 fully saturated rings. The van der Waals surface area contributed by atoms with Gasteiger partial charge in [-0.05, 0) is 4.92 Å². The predicted molar refractivity (Wildman–Crippen MR) is 50.6 cm³/mol. The van der Waals surface area contributed by atoms with E-state index in [2.05, 4.69) is 9.72 Å². The van der Waals surface area contributed by atoms with Gasteiger partial charge in [0.2, 0.25) is 0 Å². The molecular weight excluding hydrogens is 221 g/mol. The van der Waals surface area contributed by atoms with Gasteiger partial charge in [-0.2, -0.15) is 0 Å². The number of alkyl halides is 1. The molecule has 0 N–H and O–H groups in total. The zero-order valence-corrected chi connectivity index (χ0v) is 8.55. The summed E-state index contributed by atoms with van der Waals surface area (Å²) in [6, 6.07) is 0. The van der Waals surface area contributed by atoms with Gasteiger partial charge in [0, 0.05) is 6.92 Å². The van der Waals surface area contributed by atoms with Crippen molar-refractivity contribution in [2.75, 3.05) is 13.3 Å². The van der Waals surface area contributed by atoms with E-state index in [1.165, 1.54) is 4.57 Å². The van der Waals surface area contributed by atoms with Crippen LogP contribution < -0.4 is 0 Å². The minimum atomic E-state index is -1.20. The van der Waals surface area contributed by atoms with Gasteiger partial charge in [0.25, 0.3) is 0 Å². The van der Waals surface area contributed by atoms with Gasteiger partial charge in [0.15, 0.2) is 12.5 Å². The van der Waals surface area contributed by atoms with Gasteiger partial charge < -0.3 is 14.9 Å². The van der Waals surface area contributed by atoms with Gasteiger partial charge in [0.05, 0.1) is 0 Å². The second kappa shape index (κ2) is 5.19. The standard InChI is InChI=1S/C8H10FN3O4/c1-6-10-5-7(12(14)15)11(6)2-3-16-8(13)4-9/h5H,2-4H2,1H3. The molecule has 0 bridgehead atoms. The number of aromatic nitrogens is 2. The van der Waals surface area contributed by atoms with E-state index in [0.29, 0.717) is 5.82 Å². The Morgan fingerprint density at radius 2 is 2.44 bits per heavy atom. The molecule has 1 rings (SSSR count). The van der Waals surface area contributed by atoms with Crippen LogP contribution >= 0.6 is 0 Å². The molecule has 16 heavy (non-hydrogen) atoms. The molecule has 0 saturated heterocycles. The lowest BCUT2D eigenvalue weighted by Gasteiger charge is -2.03. The van der Waals surface area contributed by atoms with E-state index in [9.17, 15) is 19.3 Å². The van der Waals surface area contributed by atoms with Gasteiger partial charge in [-0.25, -0.2) is 18.7 Å². The van der Waals surface area contributed by atoms with Crippen LogP contribution in [0.1, 0.15) is 5.82 Å². The third-order valence-corrected chi connectivity index (χ3v) is 1.91. The van der Waals surface area contributed by atoms with Gasteiger partial charge in [-0.15, -0.1) is 0 Å². The zero-order valence-electron chi connectivity index (χ0n) is 8.55. The Kier molecular flexibility index (Phi) is 3.92. The van der Waals surface area contributed by atoms with Crippen molar-refractivity contribution in [2.45, 2.75) is 13.5 Å². The summed E-state index contributed by atoms with van der Waals surface area (Å²) in [6.07, 6.45) is 1.12. The minimum Gasteiger partial charge on any atom is -0.460 e. The summed E-state index contributed by atoms with van der Waals surface area (Å²) >= 11 is 0. The highest BCUT2D eigenvalue weighted by atomic mass is 19.1. The summed E-state index contributed by atoms with van der Waals surface area (Å²) in [5, 5.41) is 10.6. The topological polar surface area (TPSA) is 87.3 Å². The number of hydrogen-bond donors (Lipinski definition) is 0. The van der Waals surface area contributed by atoms with Crippen LogP contribution in [0.2, 0.25) is 0 Å². The molecule has 0 aliphatic carbocycles. The Hall–Kier alpha value is -1.99. The lowest BCUT2D eigenvalue weighted by atomic mass is 10.5. The molecule has 0 aromatic carbocycles. The molecule has 1 aromatic rings. The normalized spacial score (nSPS) is 10.1. The molecule has 8 heteroatoms. The van der Waals surface area contributed by atoms with Crippen LogP contribution in [-0.2, 0) is 16.1 Å². The first-order valence-corrected chi connectivity index (χ1v) is 4.44. The Morgan fingerprint density at radius 3 is 3.00 bits per heavy atom. The molecule has 0 radical (unpaired) electrons. The van der Waals surface area contributed by atoms with E-state index >= 15 is 0 Å². The highest BCUT2D eigenvalue weighted by Gasteiger charge is 2.17. The van der Waals surface area contributed by atoms with E-state index in [0.717, 1.165) is 6.20 Å². The average molecular weight is 231 g/mol. The van der Waals surface area contributed by atoms with Crippen molar-refractivity contribution in [3.63, 3.8) is 0 Å². The number of esters is 1. The number of ether oxygens (including phenoxy) is 1. The first kappa shape index (κ1) is 12.1. The SMILES string of the molecule is Cc1ncc([N+](=O)[O-])n1CCOC(=O)CF. The number of nitro groups is 1. The van der Waals surface area contributed by atoms with E-state index in [4.69, 9.17) is 0 Å². The van der Waals surface area contributed by atoms with Gasteiger partial charge in [-0.3, -0.25) is 0 Å². The number of hydrogen-bond acceptors (Lipinski definition) is 5. The van der Waals surface area contributed by atoms with Gasteiger partial charge in [-0.1, -0.05) is 0 Å². The van der Waals surface area contributed by atoms with Crippen molar-refractivity contribution >= 4 is 11.8 Å². The molecule has 0 atom stereocenters. The second-order valence-electron chi connectivity index (χ2n) is 2.93. The highest BCUT2D eigenvalue weighted by molar-refractivity contribution is 5.70. The van der Waals surface area contributed by atoms with Crippen molar-refractivity contribution in [3.8, 4) is 0 Å². The molecule has 7 nitrogen and oxygen atoms in total. The molecule has 0 amide bonds. The number of carbonyl (C=O) groups is 1. The fraction of sp³-hybridized carbons (Fsp3) is 0.500. The van der Waals surface area contributed by atoms with Crippen LogP contribution in [-0.4, -0.2) is 33.7 Å². The maximum absolute atomic E-state index is 11.7. The number of carbonyl (C=O) groups excluding carboxylic acids is 1. The fourth-order valence-corrected chi connectivity index (χ4v) is 1.17. The quantitative estimate of drug-likeness (QED) is 0.421. The lowest BCUT2D eigenvalue weighted by molar-refractivity contribution is -0.392. The summed E-state index contributed by atoms with van der Waals surface area (Å²) in [5.74, 6) is -0.739. The summed E-state index contributed by atoms with van der Waals surface area (Å²) in [4.78, 5) is 24.2. The van der Waals surface area contributed by atoms with Gasteiger partial charge >= 0.3 is 11.8 Å². The van der Waals surface area contributed by atoms with Crippen LogP contribution in [0, 0.1) is 17.0 Å². The molecule has 88 valence electrons. The van der Waals surface area contributed by atoms with Crippen molar-refractivity contribution in [3.05, 3.63) is 22.1 Å². The maximum atomic E-state index is 11.7. The molecule has 1 heterocycles. The second-order valence-corrected chi connectivity index (χ2v) is 2.93. The Morgan fingerprint density at radius 1 is 1.75 bits per heavy atom. The van der Waals surface area contributed by atoms with Gasteiger partial charge in [0.1, 0.15) is 19.3 Å². The van der Waals surface area contributed by atoms with Crippen molar-refractivity contribution in [1.29, 1.82) is 0 Å². The number of rotatable bonds is 5. The van der Waals surface area contributed by atoms with Crippen LogP contribution in [0.3, 0.4) is 0 Å². The summed E-state index contributed by atoms with van der Waals surface area (Å²) in [5.41, 5.74) is 0. The van der Waals surface area contributed by atoms with E-state index in [-0.39, 0.29) is 19.0 Å². The summed E-state index contributed by atoms with van der Waals surface area (Å²) in [7, 11) is 0. The Balaban J connectivity index is 2.62. The van der Waals surface area contributed by atoms with Crippen LogP contribution in [0.4, 0.5) is 10.2 Å². The number of halogens is 1. The average Bonchev–Trinajstić information content (AvgIpc) is 2.60. The monoisotopic (exact) mass is 231 g/mol. The minimum absolute atomic E-state index is 0.0773. The third kappa shape index (κ3) is 2.75. The Labute approximate surface area is 90.0 Å². The van der Waals surface area contributed by atoms with Crippen molar-refractivity contribution in [2.24, 2.45) is 0 Å². The molecule has 0 unspecified atom stereocenters.